The number of aromatic nitrogens is 3. The van der Waals surface area contributed by atoms with Crippen molar-refractivity contribution in [2.75, 3.05) is 16.8 Å². The van der Waals surface area contributed by atoms with Crippen molar-refractivity contribution >= 4 is 37.9 Å². The lowest BCUT2D eigenvalue weighted by atomic mass is 10.2. The number of aryl methyl sites for hydroxylation is 1. The van der Waals surface area contributed by atoms with Crippen LogP contribution < -0.4 is 10.1 Å². The zero-order valence-electron chi connectivity index (χ0n) is 15.6. The van der Waals surface area contributed by atoms with Gasteiger partial charge in [0.15, 0.2) is 0 Å². The molecule has 4 rings (SSSR count). The van der Waals surface area contributed by atoms with Gasteiger partial charge in [0.2, 0.25) is 5.88 Å². The molecule has 1 saturated heterocycles. The molecule has 0 saturated carbocycles. The Morgan fingerprint density at radius 2 is 2.07 bits per heavy atom. The van der Waals surface area contributed by atoms with Gasteiger partial charge in [-0.2, -0.15) is 0 Å². The third-order valence-electron chi connectivity index (χ3n) is 4.87. The Labute approximate surface area is 163 Å². The van der Waals surface area contributed by atoms with Crippen LogP contribution in [-0.2, 0) is 16.6 Å². The average Bonchev–Trinajstić information content (AvgIpc) is 2.99. The molecular weight excluding hydrogens is 376 g/mol. The van der Waals surface area contributed by atoms with E-state index in [1.807, 2.05) is 25.2 Å². The Hall–Kier alpha value is -2.87. The third-order valence-corrected chi connectivity index (χ3v) is 6.83. The van der Waals surface area contributed by atoms with Crippen molar-refractivity contribution in [2.45, 2.75) is 18.9 Å². The zero-order chi connectivity index (χ0) is 19.7. The molecule has 28 heavy (non-hydrogen) atoms. The number of amides is 1. The number of pyridine rings is 1. The molecule has 8 heteroatoms. The number of carbonyl (C=O) groups excluding carboxylic acids is 1. The molecule has 0 atom stereocenters. The topological polar surface area (TPSA) is 86.1 Å². The predicted octanol–water partition coefficient (Wildman–Crippen LogP) is 2.48. The van der Waals surface area contributed by atoms with Crippen molar-refractivity contribution in [2.24, 2.45) is 7.05 Å². The number of nitrogens with zero attached hydrogens (tertiary/aromatic N) is 3. The maximum atomic E-state index is 12.3. The fraction of sp³-hybridized carbons (Fsp3) is 0.300. The number of rotatable bonds is 4. The van der Waals surface area contributed by atoms with E-state index in [0.29, 0.717) is 28.8 Å². The van der Waals surface area contributed by atoms with E-state index in [1.54, 1.807) is 29.1 Å². The minimum atomic E-state index is -1.94. The van der Waals surface area contributed by atoms with E-state index in [2.05, 4.69) is 21.3 Å². The number of hydrogen-bond acceptors (Lipinski definition) is 5. The molecule has 146 valence electrons. The van der Waals surface area contributed by atoms with E-state index >= 15 is 0 Å². The van der Waals surface area contributed by atoms with Crippen LogP contribution in [0.5, 0.6) is 5.88 Å². The van der Waals surface area contributed by atoms with Crippen molar-refractivity contribution in [3.8, 4) is 5.88 Å². The molecule has 0 bridgehead atoms. The van der Waals surface area contributed by atoms with Crippen LogP contribution in [0.1, 0.15) is 23.3 Å². The first-order valence-electron chi connectivity index (χ1n) is 9.10. The van der Waals surface area contributed by atoms with Crippen LogP contribution in [0.3, 0.4) is 0 Å². The first kappa shape index (κ1) is 18.5. The van der Waals surface area contributed by atoms with Gasteiger partial charge in [-0.3, -0.25) is 18.7 Å². The Morgan fingerprint density at radius 1 is 1.29 bits per heavy atom. The van der Waals surface area contributed by atoms with Crippen molar-refractivity contribution < 1.29 is 13.7 Å². The summed E-state index contributed by atoms with van der Waals surface area (Å²) < 4.78 is 19.8. The van der Waals surface area contributed by atoms with Gasteiger partial charge in [-0.05, 0) is 58.6 Å². The molecule has 2 aromatic heterocycles. The quantitative estimate of drug-likeness (QED) is 0.683. The van der Waals surface area contributed by atoms with Crippen molar-refractivity contribution in [1.29, 1.82) is 0 Å². The third kappa shape index (κ3) is 3.87. The smallest absolute Gasteiger partial charge is 0.274 e. The molecule has 1 amide bonds. The first-order chi connectivity index (χ1) is 13.4. The average molecular weight is 398 g/mol. The highest BCUT2D eigenvalue weighted by Gasteiger charge is 2.23. The van der Waals surface area contributed by atoms with Crippen LogP contribution in [-0.4, -0.2) is 48.4 Å². The van der Waals surface area contributed by atoms with E-state index in [0.717, 1.165) is 23.7 Å². The highest BCUT2D eigenvalue weighted by Crippen LogP contribution is 2.29. The standard InChI is InChI=1S/C20H22N4O3S/c1-24-18-13-14(22-19(25)17-5-3-4-10-21-17)6-7-16(18)20(23-24)27-15-8-11-28(2,26)12-9-15/h3-7,10,13,15H,2,8-9,11-12H2,1H3,(H,22,25). The summed E-state index contributed by atoms with van der Waals surface area (Å²) in [6.45, 7) is 0. The molecule has 0 aliphatic carbocycles. The Bertz CT molecular complexity index is 1110. The predicted molar refractivity (Wildman–Crippen MR) is 112 cm³/mol. The molecule has 3 aromatic rings. The van der Waals surface area contributed by atoms with Crippen molar-refractivity contribution in [3.63, 3.8) is 0 Å². The molecule has 1 aliphatic heterocycles. The Kier molecular flexibility index (Phi) is 4.80. The number of carbonyl (C=O) groups is 1. The van der Waals surface area contributed by atoms with E-state index in [-0.39, 0.29) is 12.0 Å². The van der Waals surface area contributed by atoms with Gasteiger partial charge in [-0.1, -0.05) is 6.07 Å². The van der Waals surface area contributed by atoms with Crippen LogP contribution in [0.4, 0.5) is 5.69 Å². The molecule has 0 radical (unpaired) electrons. The summed E-state index contributed by atoms with van der Waals surface area (Å²) in [6.07, 6.45) is 3.02. The number of nitrogens with one attached hydrogen (secondary N) is 1. The van der Waals surface area contributed by atoms with Crippen molar-refractivity contribution in [3.05, 3.63) is 48.3 Å². The number of anilines is 1. The Balaban J connectivity index is 1.53. The van der Waals surface area contributed by atoms with Gasteiger partial charge >= 0.3 is 0 Å². The number of fused-ring (bicyclic) bond motifs is 1. The van der Waals surface area contributed by atoms with Crippen LogP contribution in [0.2, 0.25) is 0 Å². The van der Waals surface area contributed by atoms with Gasteiger partial charge in [-0.25, -0.2) is 0 Å². The maximum Gasteiger partial charge on any atom is 0.274 e. The summed E-state index contributed by atoms with van der Waals surface area (Å²) in [5.41, 5.74) is 1.87. The van der Waals surface area contributed by atoms with Gasteiger partial charge in [0.1, 0.15) is 11.8 Å². The van der Waals surface area contributed by atoms with E-state index < -0.39 is 9.52 Å². The minimum absolute atomic E-state index is 0.00189. The number of ether oxygens (including phenoxy) is 1. The summed E-state index contributed by atoms with van der Waals surface area (Å²) in [5.74, 6) is 5.26. The zero-order valence-corrected chi connectivity index (χ0v) is 16.4. The lowest BCUT2D eigenvalue weighted by Gasteiger charge is -2.24. The van der Waals surface area contributed by atoms with Crippen LogP contribution >= 0.6 is 0 Å². The minimum Gasteiger partial charge on any atom is -0.473 e. The van der Waals surface area contributed by atoms with Gasteiger partial charge in [0.05, 0.1) is 10.9 Å². The lowest BCUT2D eigenvalue weighted by molar-refractivity contribution is 0.102. The molecule has 0 spiro atoms. The SMILES string of the molecule is C=S1(=O)CCC(Oc2nn(C)c3cc(NC(=O)c4ccccn4)ccc23)CC1. The van der Waals surface area contributed by atoms with Gasteiger partial charge in [-0.15, -0.1) is 5.10 Å². The summed E-state index contributed by atoms with van der Waals surface area (Å²) in [7, 11) is -0.0998. The normalized spacial score (nSPS) is 22.1. The summed E-state index contributed by atoms with van der Waals surface area (Å²) in [4.78, 5) is 16.4. The fourth-order valence-corrected chi connectivity index (χ4v) is 4.88. The van der Waals surface area contributed by atoms with Crippen LogP contribution in [0.25, 0.3) is 10.9 Å². The maximum absolute atomic E-state index is 12.3. The summed E-state index contributed by atoms with van der Waals surface area (Å²) in [5, 5.41) is 8.21. The van der Waals surface area contributed by atoms with Crippen LogP contribution in [0.15, 0.2) is 42.6 Å². The monoisotopic (exact) mass is 398 g/mol. The highest BCUT2D eigenvalue weighted by atomic mass is 32.2. The molecule has 1 N–H and O–H groups in total. The Morgan fingerprint density at radius 3 is 2.79 bits per heavy atom. The molecule has 1 aliphatic rings. The van der Waals surface area contributed by atoms with Gasteiger partial charge < -0.3 is 10.1 Å². The van der Waals surface area contributed by atoms with Gasteiger partial charge in [0.25, 0.3) is 5.91 Å². The molecule has 3 heterocycles. The second kappa shape index (κ2) is 7.27. The van der Waals surface area contributed by atoms with Crippen LogP contribution in [0, 0.1) is 0 Å². The van der Waals surface area contributed by atoms with Crippen molar-refractivity contribution in [1.82, 2.24) is 14.8 Å². The molecule has 0 unspecified atom stereocenters. The summed E-state index contributed by atoms with van der Waals surface area (Å²) in [6, 6.07) is 10.8. The summed E-state index contributed by atoms with van der Waals surface area (Å²) >= 11 is 0. The first-order valence-corrected chi connectivity index (χ1v) is 11.2. The lowest BCUT2D eigenvalue weighted by Crippen LogP contribution is -2.30. The van der Waals surface area contributed by atoms with E-state index in [9.17, 15) is 9.00 Å². The largest absolute Gasteiger partial charge is 0.473 e. The van der Waals surface area contributed by atoms with E-state index in [4.69, 9.17) is 4.74 Å². The second-order valence-electron chi connectivity index (χ2n) is 7.02. The fourth-order valence-electron chi connectivity index (χ4n) is 3.30. The molecule has 1 aromatic carbocycles. The molecular formula is C20H22N4O3S. The highest BCUT2D eigenvalue weighted by molar-refractivity contribution is 8.00. The number of benzene rings is 1. The number of hydrogen-bond donors (Lipinski definition) is 1. The second-order valence-corrected chi connectivity index (χ2v) is 9.77. The van der Waals surface area contributed by atoms with E-state index in [1.165, 1.54) is 0 Å². The van der Waals surface area contributed by atoms with Gasteiger partial charge in [0, 0.05) is 30.4 Å². The molecule has 1 fully saturated rings. The molecule has 7 nitrogen and oxygen atoms in total.